The first-order valence-corrected chi connectivity index (χ1v) is 11.2. The zero-order valence-corrected chi connectivity index (χ0v) is 20.8. The van der Waals surface area contributed by atoms with E-state index in [0.29, 0.717) is 57.5 Å². The molecule has 0 fully saturated rings. The number of amides is 1. The maximum absolute atomic E-state index is 13.7. The van der Waals surface area contributed by atoms with Crippen molar-refractivity contribution in [2.45, 2.75) is 19.9 Å². The molecule has 1 aliphatic heterocycles. The van der Waals surface area contributed by atoms with Crippen molar-refractivity contribution in [1.29, 1.82) is 0 Å². The molecular weight excluding hydrogens is 474 g/mol. The summed E-state index contributed by atoms with van der Waals surface area (Å²) < 4.78 is 23.6. The van der Waals surface area contributed by atoms with E-state index in [0.717, 1.165) is 5.56 Å². The highest BCUT2D eigenvalue weighted by molar-refractivity contribution is 6.32. The van der Waals surface area contributed by atoms with Crippen molar-refractivity contribution in [2.75, 3.05) is 38.6 Å². The Labute approximate surface area is 207 Å². The van der Waals surface area contributed by atoms with Gasteiger partial charge in [0, 0.05) is 17.8 Å². The normalized spacial score (nSPS) is 14.6. The predicted molar refractivity (Wildman–Crippen MR) is 132 cm³/mol. The third-order valence-electron chi connectivity index (χ3n) is 5.56. The Morgan fingerprint density at radius 3 is 2.51 bits per heavy atom. The molecule has 1 aromatic heterocycles. The van der Waals surface area contributed by atoms with Gasteiger partial charge < -0.3 is 29.6 Å². The molecule has 0 saturated carbocycles. The summed E-state index contributed by atoms with van der Waals surface area (Å²) in [6.45, 7) is 4.16. The molecule has 4 rings (SSSR count). The molecule has 2 N–H and O–H groups in total. The number of allylic oxidation sites excluding steroid dienone is 1. The van der Waals surface area contributed by atoms with Gasteiger partial charge in [0.15, 0.2) is 11.5 Å². The molecule has 1 amide bonds. The van der Waals surface area contributed by atoms with Gasteiger partial charge in [0.25, 0.3) is 5.91 Å². The van der Waals surface area contributed by atoms with Gasteiger partial charge >= 0.3 is 0 Å². The van der Waals surface area contributed by atoms with E-state index in [1.807, 2.05) is 26.0 Å². The molecule has 11 heteroatoms. The van der Waals surface area contributed by atoms with Gasteiger partial charge in [-0.1, -0.05) is 17.7 Å². The minimum Gasteiger partial charge on any atom is -0.495 e. The topological polar surface area (TPSA) is 109 Å². The van der Waals surface area contributed by atoms with E-state index in [9.17, 15) is 4.79 Å². The Kier molecular flexibility index (Phi) is 7.02. The van der Waals surface area contributed by atoms with Crippen LogP contribution in [0.4, 0.5) is 11.6 Å². The lowest BCUT2D eigenvalue weighted by Gasteiger charge is -2.29. The van der Waals surface area contributed by atoms with Crippen LogP contribution in [0.25, 0.3) is 0 Å². The number of hydrogen-bond acceptors (Lipinski definition) is 8. The van der Waals surface area contributed by atoms with Crippen LogP contribution in [-0.2, 0) is 4.79 Å². The number of nitrogens with one attached hydrogen (secondary N) is 2. The number of hydrogen-bond donors (Lipinski definition) is 2. The Morgan fingerprint density at radius 1 is 1.09 bits per heavy atom. The van der Waals surface area contributed by atoms with E-state index in [1.165, 1.54) is 20.5 Å². The molecule has 35 heavy (non-hydrogen) atoms. The lowest BCUT2D eigenvalue weighted by atomic mass is 9.94. The number of benzene rings is 2. The minimum absolute atomic E-state index is 0.363. The number of carbonyl (C=O) groups excluding carboxylic acids is 1. The molecule has 0 aliphatic carbocycles. The number of ether oxygens (including phenoxy) is 4. The Bertz CT molecular complexity index is 1290. The molecule has 0 saturated heterocycles. The quantitative estimate of drug-likeness (QED) is 0.472. The van der Waals surface area contributed by atoms with Gasteiger partial charge in [0.1, 0.15) is 23.9 Å². The van der Waals surface area contributed by atoms with Crippen LogP contribution in [0.5, 0.6) is 23.0 Å². The Balaban J connectivity index is 1.79. The van der Waals surface area contributed by atoms with Crippen molar-refractivity contribution in [3.8, 4) is 23.0 Å². The third kappa shape index (κ3) is 4.57. The molecule has 0 bridgehead atoms. The van der Waals surface area contributed by atoms with Crippen LogP contribution in [0.15, 0.2) is 47.9 Å². The van der Waals surface area contributed by atoms with E-state index >= 15 is 0 Å². The summed E-state index contributed by atoms with van der Waals surface area (Å²) in [5.74, 6) is 2.11. The molecule has 2 heterocycles. The first-order chi connectivity index (χ1) is 16.9. The fourth-order valence-corrected chi connectivity index (χ4v) is 4.20. The summed E-state index contributed by atoms with van der Waals surface area (Å²) in [6, 6.07) is 8.13. The predicted octanol–water partition coefficient (Wildman–Crippen LogP) is 4.28. The molecule has 1 aliphatic rings. The second-order valence-corrected chi connectivity index (χ2v) is 7.99. The highest BCUT2D eigenvalue weighted by atomic mass is 35.5. The van der Waals surface area contributed by atoms with Crippen molar-refractivity contribution in [3.05, 3.63) is 58.5 Å². The van der Waals surface area contributed by atoms with Gasteiger partial charge in [-0.25, -0.2) is 4.68 Å². The fourth-order valence-electron chi connectivity index (χ4n) is 3.97. The van der Waals surface area contributed by atoms with Gasteiger partial charge in [0.2, 0.25) is 5.95 Å². The second kappa shape index (κ2) is 10.1. The molecular formula is C24H26ClN5O5. The highest BCUT2D eigenvalue weighted by Gasteiger charge is 2.34. The minimum atomic E-state index is -0.584. The van der Waals surface area contributed by atoms with Gasteiger partial charge in [-0.05, 0) is 31.5 Å². The average Bonchev–Trinajstić information content (AvgIpc) is 3.32. The van der Waals surface area contributed by atoms with E-state index < -0.39 is 6.04 Å². The summed E-state index contributed by atoms with van der Waals surface area (Å²) in [4.78, 5) is 18.0. The standard InChI is InChI=1S/C24H26ClN5O5/c1-6-35-20-9-14(7-8-17(20)32-3)22-21(13(2)28-24-26-12-27-30(22)24)23(31)29-16-11-18(33-4)15(25)10-19(16)34-5/h7-12,22H,6H2,1-5H3,(H,29,31)(H,26,27,28). The summed E-state index contributed by atoms with van der Waals surface area (Å²) in [5.41, 5.74) is 2.24. The fraction of sp³-hybridized carbons (Fsp3) is 0.292. The van der Waals surface area contributed by atoms with E-state index in [4.69, 9.17) is 30.5 Å². The smallest absolute Gasteiger partial charge is 0.255 e. The number of fused-ring (bicyclic) bond motifs is 1. The summed E-state index contributed by atoms with van der Waals surface area (Å²) in [6.07, 6.45) is 1.43. The number of nitrogens with zero attached hydrogens (tertiary/aromatic N) is 3. The molecule has 3 aromatic rings. The van der Waals surface area contributed by atoms with Gasteiger partial charge in [-0.15, -0.1) is 0 Å². The zero-order chi connectivity index (χ0) is 25.1. The second-order valence-electron chi connectivity index (χ2n) is 7.58. The Morgan fingerprint density at radius 2 is 1.83 bits per heavy atom. The first kappa shape index (κ1) is 24.2. The summed E-state index contributed by atoms with van der Waals surface area (Å²) in [7, 11) is 4.57. The monoisotopic (exact) mass is 499 g/mol. The lowest BCUT2D eigenvalue weighted by Crippen LogP contribution is -2.31. The van der Waals surface area contributed by atoms with Gasteiger partial charge in [-0.3, -0.25) is 4.79 Å². The number of methoxy groups -OCH3 is 3. The molecule has 1 atom stereocenters. The lowest BCUT2D eigenvalue weighted by molar-refractivity contribution is -0.113. The van der Waals surface area contributed by atoms with Crippen molar-refractivity contribution >= 4 is 29.1 Å². The number of anilines is 2. The van der Waals surface area contributed by atoms with E-state index in [1.54, 1.807) is 30.0 Å². The van der Waals surface area contributed by atoms with E-state index in [-0.39, 0.29) is 5.91 Å². The maximum atomic E-state index is 13.7. The van der Waals surface area contributed by atoms with Crippen LogP contribution in [0.3, 0.4) is 0 Å². The largest absolute Gasteiger partial charge is 0.495 e. The van der Waals surface area contributed by atoms with Crippen LogP contribution in [0, 0.1) is 0 Å². The number of rotatable bonds is 8. The van der Waals surface area contributed by atoms with Crippen LogP contribution in [0.1, 0.15) is 25.5 Å². The van der Waals surface area contributed by atoms with Crippen LogP contribution in [-0.4, -0.2) is 48.6 Å². The zero-order valence-electron chi connectivity index (χ0n) is 20.0. The van der Waals surface area contributed by atoms with Gasteiger partial charge in [-0.2, -0.15) is 10.1 Å². The maximum Gasteiger partial charge on any atom is 0.255 e. The van der Waals surface area contributed by atoms with Crippen molar-refractivity contribution in [2.24, 2.45) is 0 Å². The van der Waals surface area contributed by atoms with E-state index in [2.05, 4.69) is 20.7 Å². The molecule has 0 spiro atoms. The van der Waals surface area contributed by atoms with Gasteiger partial charge in [0.05, 0.1) is 44.2 Å². The van der Waals surface area contributed by atoms with Crippen LogP contribution >= 0.6 is 11.6 Å². The molecule has 10 nitrogen and oxygen atoms in total. The summed E-state index contributed by atoms with van der Waals surface area (Å²) >= 11 is 6.22. The third-order valence-corrected chi connectivity index (χ3v) is 5.86. The number of carbonyl (C=O) groups is 1. The number of aromatic nitrogens is 3. The number of halogens is 1. The molecule has 184 valence electrons. The Hall–Kier alpha value is -3.92. The molecule has 2 aromatic carbocycles. The SMILES string of the molecule is CCOc1cc(C2C(C(=O)Nc3cc(OC)c(Cl)cc3OC)=C(C)Nc3ncnn32)ccc1OC. The van der Waals surface area contributed by atoms with Crippen LogP contribution < -0.4 is 29.6 Å². The summed E-state index contributed by atoms with van der Waals surface area (Å²) in [5, 5.41) is 10.8. The highest BCUT2D eigenvalue weighted by Crippen LogP contribution is 2.40. The molecule has 0 radical (unpaired) electrons. The van der Waals surface area contributed by atoms with Crippen LogP contribution in [0.2, 0.25) is 5.02 Å². The van der Waals surface area contributed by atoms with Crippen molar-refractivity contribution < 1.29 is 23.7 Å². The van der Waals surface area contributed by atoms with Crippen molar-refractivity contribution in [1.82, 2.24) is 14.8 Å². The van der Waals surface area contributed by atoms with Crippen molar-refractivity contribution in [3.63, 3.8) is 0 Å². The molecule has 1 unspecified atom stereocenters. The average molecular weight is 500 g/mol. The first-order valence-electron chi connectivity index (χ1n) is 10.8.